The summed E-state index contributed by atoms with van der Waals surface area (Å²) in [6.07, 6.45) is -2.98. The van der Waals surface area contributed by atoms with E-state index < -0.39 is 26.1 Å². The van der Waals surface area contributed by atoms with E-state index in [1.54, 1.807) is 22.6 Å². The van der Waals surface area contributed by atoms with Crippen LogP contribution in [-0.2, 0) is 9.05 Å². The quantitative estimate of drug-likeness (QED) is 0.641. The molecule has 1 aromatic heterocycles. The number of pyridine rings is 1. The summed E-state index contributed by atoms with van der Waals surface area (Å²) in [5.74, 6) is -0.153. The number of halogens is 4. The van der Waals surface area contributed by atoms with Crippen LogP contribution in [0.2, 0.25) is 0 Å². The molecule has 1 aromatic rings. The summed E-state index contributed by atoms with van der Waals surface area (Å²) in [6.45, 7) is 0. The van der Waals surface area contributed by atoms with E-state index in [-0.39, 0.29) is 9.39 Å². The minimum Gasteiger partial charge on any atom is -0.383 e. The van der Waals surface area contributed by atoms with Crippen LogP contribution in [0.5, 0.6) is 0 Å². The number of anilines is 1. The van der Waals surface area contributed by atoms with Gasteiger partial charge in [-0.15, -0.1) is 0 Å². The molecule has 4 nitrogen and oxygen atoms in total. The predicted molar refractivity (Wildman–Crippen MR) is 59.4 cm³/mol. The van der Waals surface area contributed by atoms with Crippen molar-refractivity contribution in [3.63, 3.8) is 0 Å². The third-order valence-corrected chi connectivity index (χ3v) is 3.55. The number of hydrogen-bond donors (Lipinski definition) is 1. The molecule has 0 bridgehead atoms. The van der Waals surface area contributed by atoms with Gasteiger partial charge in [0.05, 0.1) is 9.13 Å². The topological polar surface area (TPSA) is 73.0 Å². The van der Waals surface area contributed by atoms with Crippen molar-refractivity contribution < 1.29 is 17.2 Å². The van der Waals surface area contributed by atoms with Crippen LogP contribution in [0, 0.1) is 3.57 Å². The fourth-order valence-electron chi connectivity index (χ4n) is 0.851. The van der Waals surface area contributed by atoms with E-state index in [9.17, 15) is 17.2 Å². The number of rotatable bonds is 2. The van der Waals surface area contributed by atoms with Crippen LogP contribution >= 0.6 is 33.3 Å². The van der Waals surface area contributed by atoms with Crippen molar-refractivity contribution in [3.05, 3.63) is 15.2 Å². The molecule has 0 unspecified atom stereocenters. The predicted octanol–water partition coefficient (Wildman–Crippen LogP) is 2.13. The lowest BCUT2D eigenvalue weighted by atomic mass is 10.3. The lowest BCUT2D eigenvalue weighted by Crippen LogP contribution is -2.06. The minimum atomic E-state index is -4.32. The average Bonchev–Trinajstić information content (AvgIpc) is 2.06. The van der Waals surface area contributed by atoms with E-state index in [4.69, 9.17) is 16.4 Å². The Hall–Kier alpha value is -0.220. The van der Waals surface area contributed by atoms with Crippen LogP contribution in [0.1, 0.15) is 12.0 Å². The number of nitrogen functional groups attached to an aromatic ring is 1. The average molecular weight is 369 g/mol. The SMILES string of the molecule is Nc1nc(S(=O)(=O)Cl)c(C(F)F)cc1I. The highest BCUT2D eigenvalue weighted by Gasteiger charge is 2.25. The van der Waals surface area contributed by atoms with Gasteiger partial charge in [0.15, 0.2) is 5.03 Å². The van der Waals surface area contributed by atoms with Crippen LogP contribution in [0.25, 0.3) is 0 Å². The van der Waals surface area contributed by atoms with Gasteiger partial charge in [0.25, 0.3) is 15.5 Å². The molecule has 0 saturated carbocycles. The largest absolute Gasteiger partial charge is 0.383 e. The summed E-state index contributed by atoms with van der Waals surface area (Å²) in [7, 11) is 0.631. The zero-order valence-corrected chi connectivity index (χ0v) is 10.6. The Morgan fingerprint density at radius 2 is 2.07 bits per heavy atom. The maximum atomic E-state index is 12.5. The van der Waals surface area contributed by atoms with Crippen LogP contribution in [0.15, 0.2) is 11.1 Å². The summed E-state index contributed by atoms with van der Waals surface area (Å²) in [5, 5.41) is -0.892. The molecule has 0 fully saturated rings. The third-order valence-electron chi connectivity index (χ3n) is 1.46. The number of nitrogens with two attached hydrogens (primary N) is 1. The normalized spacial score (nSPS) is 12.1. The Labute approximate surface area is 102 Å². The maximum absolute atomic E-state index is 12.5. The summed E-state index contributed by atoms with van der Waals surface area (Å²) in [4.78, 5) is 3.34. The van der Waals surface area contributed by atoms with Crippen molar-refractivity contribution in [1.29, 1.82) is 0 Å². The van der Waals surface area contributed by atoms with Gasteiger partial charge in [-0.05, 0) is 28.7 Å². The first-order valence-corrected chi connectivity index (χ1v) is 6.81. The molecule has 9 heteroatoms. The number of alkyl halides is 2. The van der Waals surface area contributed by atoms with Gasteiger partial charge in [-0.2, -0.15) is 0 Å². The van der Waals surface area contributed by atoms with Gasteiger partial charge in [0, 0.05) is 10.7 Å². The first kappa shape index (κ1) is 12.8. The van der Waals surface area contributed by atoms with Crippen molar-refractivity contribution in [2.45, 2.75) is 11.5 Å². The molecule has 0 aliphatic carbocycles. The van der Waals surface area contributed by atoms with Crippen molar-refractivity contribution in [3.8, 4) is 0 Å². The number of aromatic nitrogens is 1. The molecule has 0 amide bonds. The van der Waals surface area contributed by atoms with Gasteiger partial charge in [-0.1, -0.05) is 0 Å². The fourth-order valence-corrected chi connectivity index (χ4v) is 2.31. The standard InChI is InChI=1S/C6H4ClF2IN2O2S/c7-15(13,14)6-2(4(8)9)1-3(10)5(11)12-6/h1,4H,(H2,11,12). The molecule has 0 spiro atoms. The van der Waals surface area contributed by atoms with Crippen LogP contribution < -0.4 is 5.73 Å². The molecule has 2 N–H and O–H groups in total. The van der Waals surface area contributed by atoms with Gasteiger partial charge in [-0.25, -0.2) is 22.2 Å². The lowest BCUT2D eigenvalue weighted by Gasteiger charge is -2.07. The van der Waals surface area contributed by atoms with Crippen LogP contribution in [0.3, 0.4) is 0 Å². The van der Waals surface area contributed by atoms with Crippen LogP contribution in [0.4, 0.5) is 14.6 Å². The Morgan fingerprint density at radius 3 is 2.47 bits per heavy atom. The second-order valence-corrected chi connectivity index (χ2v) is 6.13. The third kappa shape index (κ3) is 2.88. The molecule has 0 radical (unpaired) electrons. The minimum absolute atomic E-state index is 0.153. The Morgan fingerprint density at radius 1 is 1.53 bits per heavy atom. The molecule has 0 atom stereocenters. The fraction of sp³-hybridized carbons (Fsp3) is 0.167. The Balaban J connectivity index is 3.56. The molecule has 15 heavy (non-hydrogen) atoms. The van der Waals surface area contributed by atoms with Gasteiger partial charge < -0.3 is 5.73 Å². The molecular formula is C6H4ClF2IN2O2S. The first-order valence-electron chi connectivity index (χ1n) is 3.42. The Kier molecular flexibility index (Phi) is 3.71. The molecule has 0 aromatic carbocycles. The first-order chi connectivity index (χ1) is 6.73. The van der Waals surface area contributed by atoms with Crippen molar-refractivity contribution in [2.75, 3.05) is 5.73 Å². The molecule has 1 rings (SSSR count). The summed E-state index contributed by atoms with van der Waals surface area (Å²) in [5.41, 5.74) is 4.55. The molecule has 1 heterocycles. The van der Waals surface area contributed by atoms with E-state index in [1.165, 1.54) is 0 Å². The summed E-state index contributed by atoms with van der Waals surface area (Å²) < 4.78 is 47.0. The monoisotopic (exact) mass is 368 g/mol. The van der Waals surface area contributed by atoms with Crippen LogP contribution in [-0.4, -0.2) is 13.4 Å². The molecule has 0 aliphatic heterocycles. The highest BCUT2D eigenvalue weighted by molar-refractivity contribution is 14.1. The summed E-state index contributed by atoms with van der Waals surface area (Å²) in [6, 6.07) is 0.947. The van der Waals surface area contributed by atoms with E-state index >= 15 is 0 Å². The van der Waals surface area contributed by atoms with E-state index in [1.807, 2.05) is 0 Å². The van der Waals surface area contributed by atoms with Gasteiger partial charge in [-0.3, -0.25) is 0 Å². The van der Waals surface area contributed by atoms with Crippen molar-refractivity contribution in [1.82, 2.24) is 4.98 Å². The number of nitrogens with zero attached hydrogens (tertiary/aromatic N) is 1. The molecule has 0 saturated heterocycles. The zero-order chi connectivity index (χ0) is 11.8. The van der Waals surface area contributed by atoms with Crippen molar-refractivity contribution in [2.24, 2.45) is 0 Å². The zero-order valence-electron chi connectivity index (χ0n) is 6.92. The van der Waals surface area contributed by atoms with E-state index in [0.29, 0.717) is 0 Å². The second-order valence-electron chi connectivity index (χ2n) is 2.49. The second kappa shape index (κ2) is 4.34. The molecule has 0 aliphatic rings. The van der Waals surface area contributed by atoms with Gasteiger partial charge in [0.2, 0.25) is 0 Å². The molecular weight excluding hydrogens is 364 g/mol. The molecule has 84 valence electrons. The smallest absolute Gasteiger partial charge is 0.279 e. The lowest BCUT2D eigenvalue weighted by molar-refractivity contribution is 0.147. The van der Waals surface area contributed by atoms with Gasteiger partial charge >= 0.3 is 0 Å². The number of hydrogen-bond acceptors (Lipinski definition) is 4. The highest BCUT2D eigenvalue weighted by atomic mass is 127. The summed E-state index contributed by atoms with van der Waals surface area (Å²) >= 11 is 1.67. The highest BCUT2D eigenvalue weighted by Crippen LogP contribution is 2.30. The van der Waals surface area contributed by atoms with Gasteiger partial charge in [0.1, 0.15) is 5.82 Å². The maximum Gasteiger partial charge on any atom is 0.279 e. The van der Waals surface area contributed by atoms with E-state index in [2.05, 4.69) is 4.98 Å². The van der Waals surface area contributed by atoms with E-state index in [0.717, 1.165) is 6.07 Å². The Bertz CT molecular complexity index is 494. The van der Waals surface area contributed by atoms with Crippen molar-refractivity contribution >= 4 is 48.1 Å².